The number of hydrogen-bond donors (Lipinski definition) is 1. The molecule has 106 valence electrons. The largest absolute Gasteiger partial charge is 0.494 e. The summed E-state index contributed by atoms with van der Waals surface area (Å²) < 4.78 is 6.49. The average Bonchev–Trinajstić information content (AvgIpc) is 2.44. The zero-order valence-corrected chi connectivity index (χ0v) is 13.6. The number of rotatable bonds is 5. The molecule has 0 aliphatic rings. The molecule has 2 aromatic carbocycles. The molecule has 2 aromatic rings. The maximum atomic E-state index is 6.28. The molecule has 4 heteroatoms. The third kappa shape index (κ3) is 3.98. The van der Waals surface area contributed by atoms with Gasteiger partial charge in [-0.05, 0) is 47.9 Å². The predicted octanol–water partition coefficient (Wildman–Crippen LogP) is 4.94. The fourth-order valence-electron chi connectivity index (χ4n) is 1.94. The van der Waals surface area contributed by atoms with Crippen molar-refractivity contribution in [2.75, 3.05) is 6.61 Å². The van der Waals surface area contributed by atoms with E-state index >= 15 is 0 Å². The number of nitrogens with two attached hydrogens (primary N) is 1. The molecule has 0 spiro atoms. The summed E-state index contributed by atoms with van der Waals surface area (Å²) in [6, 6.07) is 13.4. The highest BCUT2D eigenvalue weighted by Gasteiger charge is 2.10. The molecule has 0 heterocycles. The predicted molar refractivity (Wildman–Crippen MR) is 87.4 cm³/mol. The van der Waals surface area contributed by atoms with E-state index in [-0.39, 0.29) is 6.04 Å². The van der Waals surface area contributed by atoms with E-state index in [9.17, 15) is 0 Å². The Hall–Kier alpha value is -1.03. The molecule has 1 unspecified atom stereocenters. The molecule has 2 N–H and O–H groups in total. The molecule has 0 aromatic heterocycles. The van der Waals surface area contributed by atoms with E-state index in [0.717, 1.165) is 34.4 Å². The molecule has 0 aliphatic heterocycles. The Bertz CT molecular complexity index is 551. The van der Waals surface area contributed by atoms with Gasteiger partial charge in [-0.25, -0.2) is 0 Å². The van der Waals surface area contributed by atoms with E-state index in [1.54, 1.807) is 0 Å². The minimum atomic E-state index is -0.203. The molecule has 0 aliphatic carbocycles. The van der Waals surface area contributed by atoms with Gasteiger partial charge in [-0.2, -0.15) is 0 Å². The number of ether oxygens (including phenoxy) is 1. The van der Waals surface area contributed by atoms with Gasteiger partial charge in [0.1, 0.15) is 5.75 Å². The second-order valence-electron chi connectivity index (χ2n) is 4.60. The number of benzene rings is 2. The SMILES string of the molecule is CCCOc1ccc(C(N)c2cc(Cl)cc(Br)c2)cc1. The van der Waals surface area contributed by atoms with Crippen molar-refractivity contribution in [1.29, 1.82) is 0 Å². The first-order valence-electron chi connectivity index (χ1n) is 6.54. The van der Waals surface area contributed by atoms with Crippen LogP contribution in [0.2, 0.25) is 5.02 Å². The topological polar surface area (TPSA) is 35.2 Å². The van der Waals surface area contributed by atoms with E-state index in [1.165, 1.54) is 0 Å². The fraction of sp³-hybridized carbons (Fsp3) is 0.250. The molecule has 0 fully saturated rings. The van der Waals surface area contributed by atoms with Crippen LogP contribution in [-0.4, -0.2) is 6.61 Å². The lowest BCUT2D eigenvalue weighted by atomic mass is 10.00. The summed E-state index contributed by atoms with van der Waals surface area (Å²) in [4.78, 5) is 0. The van der Waals surface area contributed by atoms with Crippen molar-refractivity contribution < 1.29 is 4.74 Å². The van der Waals surface area contributed by atoms with Crippen LogP contribution in [0.25, 0.3) is 0 Å². The summed E-state index contributed by atoms with van der Waals surface area (Å²) in [6.07, 6.45) is 0.998. The van der Waals surface area contributed by atoms with Crippen molar-refractivity contribution in [2.24, 2.45) is 5.73 Å². The van der Waals surface area contributed by atoms with Gasteiger partial charge in [0.05, 0.1) is 12.6 Å². The molecule has 20 heavy (non-hydrogen) atoms. The van der Waals surface area contributed by atoms with Crippen LogP contribution in [0, 0.1) is 0 Å². The lowest BCUT2D eigenvalue weighted by molar-refractivity contribution is 0.317. The first-order valence-corrected chi connectivity index (χ1v) is 7.71. The zero-order chi connectivity index (χ0) is 14.5. The molecule has 0 amide bonds. The van der Waals surface area contributed by atoms with Crippen LogP contribution in [0.1, 0.15) is 30.5 Å². The summed E-state index contributed by atoms with van der Waals surface area (Å²) in [5.41, 5.74) is 8.29. The van der Waals surface area contributed by atoms with Crippen molar-refractivity contribution in [3.05, 3.63) is 63.1 Å². The molecule has 1 atom stereocenters. The summed E-state index contributed by atoms with van der Waals surface area (Å²) >= 11 is 9.49. The van der Waals surface area contributed by atoms with Crippen molar-refractivity contribution in [2.45, 2.75) is 19.4 Å². The molecule has 0 saturated heterocycles. The summed E-state index contributed by atoms with van der Waals surface area (Å²) in [5, 5.41) is 0.674. The highest BCUT2D eigenvalue weighted by molar-refractivity contribution is 9.10. The van der Waals surface area contributed by atoms with Crippen LogP contribution in [0.15, 0.2) is 46.9 Å². The number of halogens is 2. The maximum Gasteiger partial charge on any atom is 0.119 e. The highest BCUT2D eigenvalue weighted by Crippen LogP contribution is 2.27. The fourth-order valence-corrected chi connectivity index (χ4v) is 2.82. The normalized spacial score (nSPS) is 12.2. The number of hydrogen-bond acceptors (Lipinski definition) is 2. The summed E-state index contributed by atoms with van der Waals surface area (Å²) in [5.74, 6) is 0.870. The standard InChI is InChI=1S/C16H17BrClNO/c1-2-7-20-15-5-3-11(4-6-15)16(19)12-8-13(17)10-14(18)9-12/h3-6,8-10,16H,2,7,19H2,1H3. The van der Waals surface area contributed by atoms with Gasteiger partial charge in [0.25, 0.3) is 0 Å². The molecule has 0 radical (unpaired) electrons. The quantitative estimate of drug-likeness (QED) is 0.825. The van der Waals surface area contributed by atoms with E-state index in [2.05, 4.69) is 22.9 Å². The van der Waals surface area contributed by atoms with Gasteiger partial charge in [0.15, 0.2) is 0 Å². The first-order chi connectivity index (χ1) is 9.60. The van der Waals surface area contributed by atoms with Gasteiger partial charge in [-0.3, -0.25) is 0 Å². The Morgan fingerprint density at radius 2 is 1.85 bits per heavy atom. The lowest BCUT2D eigenvalue weighted by Crippen LogP contribution is -2.11. The Morgan fingerprint density at radius 3 is 2.45 bits per heavy atom. The van der Waals surface area contributed by atoms with Crippen LogP contribution in [0.5, 0.6) is 5.75 Å². The average molecular weight is 355 g/mol. The molecular weight excluding hydrogens is 338 g/mol. The van der Waals surface area contributed by atoms with E-state index < -0.39 is 0 Å². The summed E-state index contributed by atoms with van der Waals surface area (Å²) in [6.45, 7) is 2.81. The van der Waals surface area contributed by atoms with Crippen molar-refractivity contribution in [1.82, 2.24) is 0 Å². The monoisotopic (exact) mass is 353 g/mol. The second kappa shape index (κ2) is 7.11. The van der Waals surface area contributed by atoms with E-state index in [0.29, 0.717) is 5.02 Å². The van der Waals surface area contributed by atoms with Crippen LogP contribution in [0.4, 0.5) is 0 Å². The van der Waals surface area contributed by atoms with Crippen molar-refractivity contribution in [3.63, 3.8) is 0 Å². The first kappa shape index (κ1) is 15.4. The minimum Gasteiger partial charge on any atom is -0.494 e. The maximum absolute atomic E-state index is 6.28. The Labute approximate surface area is 133 Å². The van der Waals surface area contributed by atoms with Gasteiger partial charge in [-0.15, -0.1) is 0 Å². The van der Waals surface area contributed by atoms with Gasteiger partial charge < -0.3 is 10.5 Å². The highest BCUT2D eigenvalue weighted by atomic mass is 79.9. The van der Waals surface area contributed by atoms with Crippen LogP contribution in [-0.2, 0) is 0 Å². The zero-order valence-electron chi connectivity index (χ0n) is 11.3. The molecule has 2 nitrogen and oxygen atoms in total. The van der Waals surface area contributed by atoms with Gasteiger partial charge >= 0.3 is 0 Å². The smallest absolute Gasteiger partial charge is 0.119 e. The lowest BCUT2D eigenvalue weighted by Gasteiger charge is -2.14. The van der Waals surface area contributed by atoms with Crippen molar-refractivity contribution in [3.8, 4) is 5.75 Å². The van der Waals surface area contributed by atoms with Crippen LogP contribution >= 0.6 is 27.5 Å². The Kier molecular flexibility index (Phi) is 5.46. The molecular formula is C16H17BrClNO. The van der Waals surface area contributed by atoms with E-state index in [1.807, 2.05) is 42.5 Å². The second-order valence-corrected chi connectivity index (χ2v) is 5.95. The van der Waals surface area contributed by atoms with E-state index in [4.69, 9.17) is 22.1 Å². The Morgan fingerprint density at radius 1 is 1.15 bits per heavy atom. The van der Waals surface area contributed by atoms with Gasteiger partial charge in [-0.1, -0.05) is 46.6 Å². The summed E-state index contributed by atoms with van der Waals surface area (Å²) in [7, 11) is 0. The van der Waals surface area contributed by atoms with Crippen LogP contribution < -0.4 is 10.5 Å². The third-order valence-corrected chi connectivity index (χ3v) is 3.63. The third-order valence-electron chi connectivity index (χ3n) is 2.96. The van der Waals surface area contributed by atoms with Crippen molar-refractivity contribution >= 4 is 27.5 Å². The van der Waals surface area contributed by atoms with Gasteiger partial charge in [0, 0.05) is 9.50 Å². The molecule has 0 saturated carbocycles. The minimum absolute atomic E-state index is 0.203. The van der Waals surface area contributed by atoms with Gasteiger partial charge in [0.2, 0.25) is 0 Å². The molecule has 0 bridgehead atoms. The Balaban J connectivity index is 2.17. The molecule has 2 rings (SSSR count). The van der Waals surface area contributed by atoms with Crippen LogP contribution in [0.3, 0.4) is 0 Å².